The molecule has 0 atom stereocenters. The number of fused-ring (bicyclic) bond motifs is 4. The maximum atomic E-state index is 2.39. The summed E-state index contributed by atoms with van der Waals surface area (Å²) in [6.45, 7) is 28.7. The van der Waals surface area contributed by atoms with Gasteiger partial charge in [-0.25, -0.2) is 0 Å². The van der Waals surface area contributed by atoms with Crippen molar-refractivity contribution in [3.8, 4) is 0 Å². The van der Waals surface area contributed by atoms with E-state index in [2.05, 4.69) is 345 Å². The van der Waals surface area contributed by atoms with Crippen LogP contribution in [0.5, 0.6) is 0 Å². The average Bonchev–Trinajstić information content (AvgIpc) is 4.35. The Kier molecular flexibility index (Phi) is 26.0. The molecule has 0 bridgehead atoms. The molecule has 0 saturated carbocycles. The predicted octanol–water partition coefficient (Wildman–Crippen LogP) is 12.0. The molecule has 0 nitrogen and oxygen atoms in total. The van der Waals surface area contributed by atoms with Crippen LogP contribution < -0.4 is 45.6 Å². The second-order valence-electron chi connectivity index (χ2n) is 24.7. The first-order valence-corrected chi connectivity index (χ1v) is 44.5. The zero-order valence-corrected chi connectivity index (χ0v) is 60.6. The number of hydrogen-bond donors (Lipinski definition) is 0. The zero-order valence-electron chi connectivity index (χ0n) is 50.2. The second kappa shape index (κ2) is 31.3. The molecule has 0 saturated heterocycles. The van der Waals surface area contributed by atoms with Gasteiger partial charge in [-0.1, -0.05) is 103 Å². The first kappa shape index (κ1) is 67.9. The number of halogens is 2. The van der Waals surface area contributed by atoms with Gasteiger partial charge in [-0.05, 0) is 0 Å². The third-order valence-electron chi connectivity index (χ3n) is 14.2. The van der Waals surface area contributed by atoms with Crippen molar-refractivity contribution >= 4 is 103 Å². The quantitative estimate of drug-likeness (QED) is 0.105. The van der Waals surface area contributed by atoms with E-state index >= 15 is 0 Å². The van der Waals surface area contributed by atoms with Crippen molar-refractivity contribution in [2.75, 3.05) is 0 Å². The van der Waals surface area contributed by atoms with Crippen LogP contribution in [0.1, 0.15) is 22.3 Å². The van der Waals surface area contributed by atoms with Crippen LogP contribution >= 0.6 is 0 Å². The van der Waals surface area contributed by atoms with Gasteiger partial charge in [0, 0.05) is 0 Å². The van der Waals surface area contributed by atoms with E-state index in [-0.39, 0.29) is 24.8 Å². The van der Waals surface area contributed by atoms with Gasteiger partial charge in [0.1, 0.15) is 0 Å². The number of benzene rings is 8. The summed E-state index contributed by atoms with van der Waals surface area (Å²) < 4.78 is 2.83. The molecular formula is C74H80Cl2Si4Zr2-2. The van der Waals surface area contributed by atoms with E-state index in [1.165, 1.54) is 120 Å². The van der Waals surface area contributed by atoms with Gasteiger partial charge in [-0.15, -0.1) is 139 Å². The Balaban J connectivity index is 0.000000180. The van der Waals surface area contributed by atoms with Crippen molar-refractivity contribution < 1.29 is 73.3 Å². The van der Waals surface area contributed by atoms with Crippen molar-refractivity contribution in [3.05, 3.63) is 289 Å². The molecular weight excluding hydrogens is 1250 g/mol. The molecule has 416 valence electrons. The molecule has 0 N–H and O–H groups in total. The molecule has 0 heterocycles. The van der Waals surface area contributed by atoms with Crippen molar-refractivity contribution in [3.63, 3.8) is 0 Å². The topological polar surface area (TPSA) is 0 Å². The molecule has 0 amide bonds. The fourth-order valence-corrected chi connectivity index (χ4v) is 15.4. The first-order chi connectivity index (χ1) is 38.0. The van der Waals surface area contributed by atoms with Crippen LogP contribution in [0.15, 0.2) is 267 Å². The van der Waals surface area contributed by atoms with Gasteiger partial charge < -0.3 is 24.8 Å². The second-order valence-corrected chi connectivity index (χ2v) is 47.5. The molecule has 0 aliphatic rings. The zero-order chi connectivity index (χ0) is 57.5. The van der Waals surface area contributed by atoms with Gasteiger partial charge in [-0.2, -0.15) is 45.8 Å². The summed E-state index contributed by atoms with van der Waals surface area (Å²) in [7, 11) is -4.47. The van der Waals surface area contributed by atoms with E-state index in [0.717, 1.165) is 0 Å². The van der Waals surface area contributed by atoms with E-state index in [9.17, 15) is 0 Å². The van der Waals surface area contributed by atoms with E-state index < -0.39 is 32.3 Å². The molecule has 0 spiro atoms. The Hall–Kier alpha value is -4.85. The fourth-order valence-electron chi connectivity index (χ4n) is 9.09. The van der Waals surface area contributed by atoms with Crippen molar-refractivity contribution in [1.29, 1.82) is 0 Å². The summed E-state index contributed by atoms with van der Waals surface area (Å²) in [5, 5.41) is 17.4. The van der Waals surface area contributed by atoms with Gasteiger partial charge in [0.05, 0.1) is 32.3 Å². The van der Waals surface area contributed by atoms with Gasteiger partial charge in [0.15, 0.2) is 0 Å². The monoisotopic (exact) mass is 1330 g/mol. The van der Waals surface area contributed by atoms with Crippen molar-refractivity contribution in [2.24, 2.45) is 0 Å². The fraction of sp³-hybridized carbons (Fsp3) is 0.162. The predicted molar refractivity (Wildman–Crippen MR) is 362 cm³/mol. The minimum atomic E-state index is -1.12. The summed E-state index contributed by atoms with van der Waals surface area (Å²) >= 11 is 2.92. The van der Waals surface area contributed by atoms with Crippen molar-refractivity contribution in [2.45, 2.75) is 78.6 Å². The minimum absolute atomic E-state index is 0. The van der Waals surface area contributed by atoms with Crippen LogP contribution in [0.2, 0.25) is 78.6 Å². The summed E-state index contributed by atoms with van der Waals surface area (Å²) in [4.78, 5) is 0. The standard InChI is InChI=1S/2C13H10.4C12H15Si.2ClH.2Zr/c2*1-3-7-12(8-4-1)11-13-9-5-2-6-10-13;4*1-13(2,3)12-8-10-6-4-5-7-11(10)9-12;;;;/h2*1-10H;4*4-9H,1-3H3;2*1H;;/q;;4*-1;;;2*+2/p-2. The van der Waals surface area contributed by atoms with Crippen LogP contribution in [0.25, 0.3) is 43.1 Å². The molecule has 0 aromatic heterocycles. The molecule has 12 aromatic carbocycles. The van der Waals surface area contributed by atoms with Crippen LogP contribution in [0.3, 0.4) is 0 Å². The Bertz CT molecular complexity index is 3210. The molecule has 82 heavy (non-hydrogen) atoms. The van der Waals surface area contributed by atoms with Gasteiger partial charge in [0.2, 0.25) is 0 Å². The molecule has 8 heteroatoms. The van der Waals surface area contributed by atoms with Crippen LogP contribution in [-0.2, 0) is 48.5 Å². The van der Waals surface area contributed by atoms with E-state index in [4.69, 9.17) is 0 Å². The third kappa shape index (κ3) is 20.2. The summed E-state index contributed by atoms with van der Waals surface area (Å²) in [5.41, 5.74) is 5.32. The summed E-state index contributed by atoms with van der Waals surface area (Å²) in [6, 6.07) is 95.4. The molecule has 0 radical (unpaired) electrons. The molecule has 0 unspecified atom stereocenters. The SMILES string of the molecule is C[Si](C)(C)c1cc2ccccc2[cH-]1.C[Si](C)(C)c1cc2ccccc2[cH-]1.C[Si](C)(C)c1cc2ccccc2[cH-]1.C[Si](C)(C)c1cc2ccccc2[cH-]1.[Cl-].[Cl-].[Zr+2]=[C](c1ccccc1)c1ccccc1.[Zr+2]=[C](c1ccccc1)c1ccccc1. The Morgan fingerprint density at radius 1 is 0.244 bits per heavy atom. The first-order valence-electron chi connectivity index (χ1n) is 28.1. The average molecular weight is 1340 g/mol. The van der Waals surface area contributed by atoms with E-state index in [1.807, 2.05) is 0 Å². The molecule has 0 aliphatic carbocycles. The summed E-state index contributed by atoms with van der Waals surface area (Å²) in [6.07, 6.45) is 0. The molecule has 0 aliphatic heterocycles. The number of hydrogen-bond acceptors (Lipinski definition) is 0. The van der Waals surface area contributed by atoms with E-state index in [0.29, 0.717) is 0 Å². The normalized spacial score (nSPS) is 11.1. The van der Waals surface area contributed by atoms with E-state index in [1.54, 1.807) is 20.7 Å². The molecule has 0 fully saturated rings. The van der Waals surface area contributed by atoms with Gasteiger partial charge in [0.25, 0.3) is 0 Å². The van der Waals surface area contributed by atoms with Crippen molar-refractivity contribution in [1.82, 2.24) is 0 Å². The maximum absolute atomic E-state index is 2.39. The Morgan fingerprint density at radius 2 is 0.402 bits per heavy atom. The van der Waals surface area contributed by atoms with Crippen LogP contribution in [0.4, 0.5) is 0 Å². The summed E-state index contributed by atoms with van der Waals surface area (Å²) in [5.74, 6) is 0. The molecule has 12 rings (SSSR count). The third-order valence-corrected chi connectivity index (χ3v) is 25.1. The van der Waals surface area contributed by atoms with Crippen LogP contribution in [-0.4, -0.2) is 38.7 Å². The Morgan fingerprint density at radius 3 is 0.561 bits per heavy atom. The van der Waals surface area contributed by atoms with Gasteiger partial charge >= 0.3 is 198 Å². The van der Waals surface area contributed by atoms with Gasteiger partial charge in [-0.3, -0.25) is 0 Å². The molecule has 12 aromatic rings. The van der Waals surface area contributed by atoms with Crippen LogP contribution in [0, 0.1) is 0 Å². The number of rotatable bonds is 8. The Labute approximate surface area is 538 Å².